The maximum Gasteiger partial charge on any atom is 0.337 e. The van der Waals surface area contributed by atoms with E-state index in [1.54, 1.807) is 11.6 Å². The van der Waals surface area contributed by atoms with Crippen molar-refractivity contribution in [1.82, 2.24) is 4.98 Å². The number of amides is 2. The van der Waals surface area contributed by atoms with Gasteiger partial charge in [0, 0.05) is 17.6 Å². The van der Waals surface area contributed by atoms with Gasteiger partial charge in [0.15, 0.2) is 5.13 Å². The third kappa shape index (κ3) is 3.23. The second kappa shape index (κ2) is 6.02. The average Bonchev–Trinajstić information content (AvgIpc) is 2.90. The Morgan fingerprint density at radius 2 is 2.15 bits per heavy atom. The van der Waals surface area contributed by atoms with Gasteiger partial charge in [0.1, 0.15) is 5.75 Å². The van der Waals surface area contributed by atoms with Crippen molar-refractivity contribution in [3.63, 3.8) is 0 Å². The summed E-state index contributed by atoms with van der Waals surface area (Å²) in [5.74, 6) is -0.697. The first kappa shape index (κ1) is 13.8. The highest BCUT2D eigenvalue weighted by molar-refractivity contribution is 7.13. The zero-order valence-electron chi connectivity index (χ0n) is 10.4. The van der Waals surface area contributed by atoms with Crippen LogP contribution in [0.25, 0.3) is 0 Å². The molecule has 1 heterocycles. The first-order valence-corrected chi connectivity index (χ1v) is 6.37. The topological polar surface area (TPSA) is 101 Å². The van der Waals surface area contributed by atoms with E-state index in [4.69, 9.17) is 9.84 Å². The van der Waals surface area contributed by atoms with Crippen LogP contribution in [0, 0.1) is 0 Å². The Morgan fingerprint density at radius 1 is 1.35 bits per heavy atom. The first-order chi connectivity index (χ1) is 9.60. The molecule has 0 bridgehead atoms. The summed E-state index contributed by atoms with van der Waals surface area (Å²) in [6.07, 6.45) is 1.55. The maximum atomic E-state index is 11.8. The number of anilines is 2. The van der Waals surface area contributed by atoms with Crippen molar-refractivity contribution in [1.29, 1.82) is 0 Å². The molecule has 2 rings (SSSR count). The van der Waals surface area contributed by atoms with Crippen molar-refractivity contribution in [2.75, 3.05) is 17.7 Å². The lowest BCUT2D eigenvalue weighted by molar-refractivity contribution is 0.0698. The monoisotopic (exact) mass is 293 g/mol. The van der Waals surface area contributed by atoms with Crippen LogP contribution < -0.4 is 15.4 Å². The molecule has 0 radical (unpaired) electrons. The fourth-order valence-corrected chi connectivity index (χ4v) is 2.00. The number of carboxylic acids is 1. The number of rotatable bonds is 4. The molecule has 0 aliphatic heterocycles. The Balaban J connectivity index is 2.18. The van der Waals surface area contributed by atoms with Crippen LogP contribution in [-0.4, -0.2) is 29.2 Å². The van der Waals surface area contributed by atoms with Gasteiger partial charge in [0.25, 0.3) is 0 Å². The maximum absolute atomic E-state index is 11.8. The second-order valence-electron chi connectivity index (χ2n) is 3.63. The van der Waals surface area contributed by atoms with E-state index in [1.165, 1.54) is 36.6 Å². The number of hydrogen-bond donors (Lipinski definition) is 3. The van der Waals surface area contributed by atoms with Gasteiger partial charge in [0.2, 0.25) is 0 Å². The van der Waals surface area contributed by atoms with E-state index in [-0.39, 0.29) is 11.3 Å². The first-order valence-electron chi connectivity index (χ1n) is 5.49. The molecular formula is C12H11N3O4S. The number of nitrogens with zero attached hydrogens (tertiary/aromatic N) is 1. The normalized spacial score (nSPS) is 9.85. The van der Waals surface area contributed by atoms with Gasteiger partial charge in [-0.1, -0.05) is 0 Å². The summed E-state index contributed by atoms with van der Waals surface area (Å²) in [6, 6.07) is 3.73. The summed E-state index contributed by atoms with van der Waals surface area (Å²) in [6.45, 7) is 0. The molecule has 0 fully saturated rings. The molecule has 8 heteroatoms. The third-order valence-electron chi connectivity index (χ3n) is 2.36. The number of aromatic carboxylic acids is 1. The predicted octanol–water partition coefficient (Wildman–Crippen LogP) is 2.49. The van der Waals surface area contributed by atoms with Crippen LogP contribution in [0.1, 0.15) is 10.4 Å². The number of ether oxygens (including phenoxy) is 1. The van der Waals surface area contributed by atoms with Gasteiger partial charge in [-0.25, -0.2) is 14.6 Å². The summed E-state index contributed by atoms with van der Waals surface area (Å²) >= 11 is 1.26. The highest BCUT2D eigenvalue weighted by atomic mass is 32.1. The van der Waals surface area contributed by atoms with Crippen LogP contribution in [0.2, 0.25) is 0 Å². The number of urea groups is 1. The number of hydrogen-bond acceptors (Lipinski definition) is 5. The Hall–Kier alpha value is -2.61. The van der Waals surface area contributed by atoms with E-state index >= 15 is 0 Å². The lowest BCUT2D eigenvalue weighted by atomic mass is 10.1. The Morgan fingerprint density at radius 3 is 2.75 bits per heavy atom. The number of carbonyl (C=O) groups is 2. The summed E-state index contributed by atoms with van der Waals surface area (Å²) < 4.78 is 5.00. The molecule has 2 amide bonds. The summed E-state index contributed by atoms with van der Waals surface area (Å²) in [5, 5.41) is 16.2. The molecule has 3 N–H and O–H groups in total. The number of carbonyl (C=O) groups excluding carboxylic acids is 1. The quantitative estimate of drug-likeness (QED) is 0.804. The van der Waals surface area contributed by atoms with E-state index in [9.17, 15) is 9.59 Å². The molecular weight excluding hydrogens is 282 g/mol. The molecule has 0 saturated heterocycles. The number of methoxy groups -OCH3 is 1. The van der Waals surface area contributed by atoms with E-state index in [1.807, 2.05) is 0 Å². The molecule has 0 unspecified atom stereocenters. The Bertz CT molecular complexity index is 628. The van der Waals surface area contributed by atoms with E-state index in [2.05, 4.69) is 15.6 Å². The van der Waals surface area contributed by atoms with Gasteiger partial charge in [-0.3, -0.25) is 5.32 Å². The average molecular weight is 293 g/mol. The van der Waals surface area contributed by atoms with Gasteiger partial charge in [0.05, 0.1) is 18.4 Å². The van der Waals surface area contributed by atoms with Gasteiger partial charge in [-0.2, -0.15) is 0 Å². The lowest BCUT2D eigenvalue weighted by Gasteiger charge is -2.10. The largest absolute Gasteiger partial charge is 0.497 e. The highest BCUT2D eigenvalue weighted by Gasteiger charge is 2.14. The van der Waals surface area contributed by atoms with Crippen molar-refractivity contribution in [3.05, 3.63) is 35.3 Å². The van der Waals surface area contributed by atoms with Crippen LogP contribution >= 0.6 is 11.3 Å². The van der Waals surface area contributed by atoms with Gasteiger partial charge in [-0.05, 0) is 12.1 Å². The molecule has 0 aliphatic rings. The summed E-state index contributed by atoms with van der Waals surface area (Å²) in [5.41, 5.74) is 0.117. The smallest absolute Gasteiger partial charge is 0.337 e. The number of benzene rings is 1. The standard InChI is InChI=1S/C12H11N3O4S/c1-19-7-2-3-8(10(16)17)9(6-7)14-11(18)15-12-13-4-5-20-12/h2-6H,1H3,(H,16,17)(H2,13,14,15,18). The minimum Gasteiger partial charge on any atom is -0.497 e. The van der Waals surface area contributed by atoms with Crippen molar-refractivity contribution >= 4 is 34.2 Å². The SMILES string of the molecule is COc1ccc(C(=O)O)c(NC(=O)Nc2nccs2)c1. The van der Waals surface area contributed by atoms with Crippen molar-refractivity contribution in [3.8, 4) is 5.75 Å². The van der Waals surface area contributed by atoms with Crippen LogP contribution in [0.4, 0.5) is 15.6 Å². The lowest BCUT2D eigenvalue weighted by Crippen LogP contribution is -2.21. The van der Waals surface area contributed by atoms with Gasteiger partial charge >= 0.3 is 12.0 Å². The zero-order chi connectivity index (χ0) is 14.5. The van der Waals surface area contributed by atoms with Crippen LogP contribution in [0.5, 0.6) is 5.75 Å². The molecule has 20 heavy (non-hydrogen) atoms. The summed E-state index contributed by atoms with van der Waals surface area (Å²) in [4.78, 5) is 26.8. The number of nitrogens with one attached hydrogen (secondary N) is 2. The van der Waals surface area contributed by atoms with Crippen molar-refractivity contribution in [2.45, 2.75) is 0 Å². The van der Waals surface area contributed by atoms with E-state index < -0.39 is 12.0 Å². The fourth-order valence-electron chi connectivity index (χ4n) is 1.48. The van der Waals surface area contributed by atoms with E-state index in [0.29, 0.717) is 10.9 Å². The van der Waals surface area contributed by atoms with Crippen molar-refractivity contribution < 1.29 is 19.4 Å². The third-order valence-corrected chi connectivity index (χ3v) is 3.05. The Labute approximate surface area is 118 Å². The second-order valence-corrected chi connectivity index (χ2v) is 4.53. The number of carboxylic acid groups (broad SMARTS) is 1. The number of aromatic nitrogens is 1. The molecule has 0 saturated carbocycles. The van der Waals surface area contributed by atoms with Crippen LogP contribution in [-0.2, 0) is 0 Å². The van der Waals surface area contributed by atoms with Gasteiger partial charge < -0.3 is 15.2 Å². The molecule has 1 aromatic carbocycles. The van der Waals surface area contributed by atoms with Crippen LogP contribution in [0.3, 0.4) is 0 Å². The molecule has 1 aromatic heterocycles. The molecule has 0 spiro atoms. The number of thiazole rings is 1. The minimum atomic E-state index is -1.14. The molecule has 0 atom stereocenters. The van der Waals surface area contributed by atoms with E-state index in [0.717, 1.165) is 0 Å². The highest BCUT2D eigenvalue weighted by Crippen LogP contribution is 2.23. The summed E-state index contributed by atoms with van der Waals surface area (Å²) in [7, 11) is 1.45. The fraction of sp³-hybridized carbons (Fsp3) is 0.0833. The molecule has 104 valence electrons. The predicted molar refractivity (Wildman–Crippen MR) is 74.7 cm³/mol. The van der Waals surface area contributed by atoms with Gasteiger partial charge in [-0.15, -0.1) is 11.3 Å². The van der Waals surface area contributed by atoms with Crippen molar-refractivity contribution in [2.24, 2.45) is 0 Å². The van der Waals surface area contributed by atoms with Crippen LogP contribution in [0.15, 0.2) is 29.8 Å². The molecule has 2 aromatic rings. The molecule has 0 aliphatic carbocycles. The molecule has 7 nitrogen and oxygen atoms in total. The zero-order valence-corrected chi connectivity index (χ0v) is 11.2. The minimum absolute atomic E-state index is 0.0277. The Kier molecular flexibility index (Phi) is 4.16.